The van der Waals surface area contributed by atoms with Crippen LogP contribution in [0.4, 0.5) is 0 Å². The smallest absolute Gasteiger partial charge is 0.329 e. The number of rotatable bonds is 3. The van der Waals surface area contributed by atoms with E-state index < -0.39 is 0 Å². The highest BCUT2D eigenvalue weighted by molar-refractivity contribution is 5.94. The average Bonchev–Trinajstić information content (AvgIpc) is 2.99. The first-order valence-corrected chi connectivity index (χ1v) is 9.73. The van der Waals surface area contributed by atoms with Gasteiger partial charge in [0.25, 0.3) is 5.91 Å². The molecule has 0 unspecified atom stereocenters. The van der Waals surface area contributed by atoms with E-state index in [1.54, 1.807) is 21.4 Å². The summed E-state index contributed by atoms with van der Waals surface area (Å²) in [7, 11) is 1.71. The van der Waals surface area contributed by atoms with Gasteiger partial charge in [-0.15, -0.1) is 0 Å². The highest BCUT2D eigenvalue weighted by Crippen LogP contribution is 2.13. The van der Waals surface area contributed by atoms with E-state index in [4.69, 9.17) is 0 Å². The molecule has 0 radical (unpaired) electrons. The lowest BCUT2D eigenvalue weighted by Gasteiger charge is -2.35. The Hall–Kier alpha value is -3.35. The minimum absolute atomic E-state index is 0.00605. The SMILES string of the molecule is Cc1ccc(C(=O)N2CCN(C(=O)Cn3c(=O)n(C)c4ccccc43)CC2)cc1. The van der Waals surface area contributed by atoms with E-state index in [9.17, 15) is 14.4 Å². The summed E-state index contributed by atoms with van der Waals surface area (Å²) in [5, 5.41) is 0. The van der Waals surface area contributed by atoms with Crippen molar-refractivity contribution in [2.24, 2.45) is 7.05 Å². The summed E-state index contributed by atoms with van der Waals surface area (Å²) in [5.74, 6) is -0.117. The predicted octanol–water partition coefficient (Wildman–Crippen LogP) is 1.63. The van der Waals surface area contributed by atoms with Crippen molar-refractivity contribution in [2.75, 3.05) is 26.2 Å². The van der Waals surface area contributed by atoms with Gasteiger partial charge in [-0.25, -0.2) is 4.79 Å². The van der Waals surface area contributed by atoms with E-state index in [0.29, 0.717) is 31.7 Å². The summed E-state index contributed by atoms with van der Waals surface area (Å²) in [6.45, 7) is 3.91. The van der Waals surface area contributed by atoms with Gasteiger partial charge < -0.3 is 9.80 Å². The molecule has 2 aromatic carbocycles. The lowest BCUT2D eigenvalue weighted by molar-refractivity contribution is -0.133. The number of para-hydroxylation sites is 2. The van der Waals surface area contributed by atoms with Crippen LogP contribution in [0.25, 0.3) is 11.0 Å². The first-order valence-electron chi connectivity index (χ1n) is 9.73. The number of fused-ring (bicyclic) bond motifs is 1. The minimum Gasteiger partial charge on any atom is -0.338 e. The molecule has 29 heavy (non-hydrogen) atoms. The van der Waals surface area contributed by atoms with E-state index in [0.717, 1.165) is 16.6 Å². The zero-order valence-corrected chi connectivity index (χ0v) is 16.7. The zero-order chi connectivity index (χ0) is 20.5. The second kappa shape index (κ2) is 7.58. The van der Waals surface area contributed by atoms with Crippen molar-refractivity contribution in [1.29, 1.82) is 0 Å². The second-order valence-electron chi connectivity index (χ2n) is 7.46. The normalized spacial score (nSPS) is 14.4. The lowest BCUT2D eigenvalue weighted by atomic mass is 10.1. The Kier molecular flexibility index (Phi) is 4.96. The summed E-state index contributed by atoms with van der Waals surface area (Å²) < 4.78 is 3.07. The van der Waals surface area contributed by atoms with Gasteiger partial charge in [0, 0.05) is 38.8 Å². The number of amides is 2. The van der Waals surface area contributed by atoms with Crippen molar-refractivity contribution in [3.8, 4) is 0 Å². The standard InChI is InChI=1S/C22H24N4O3/c1-16-7-9-17(10-8-16)21(28)25-13-11-24(12-14-25)20(27)15-26-19-6-4-3-5-18(19)23(2)22(26)29/h3-10H,11-15H2,1-2H3. The molecule has 7 nitrogen and oxygen atoms in total. The van der Waals surface area contributed by atoms with Gasteiger partial charge in [0.15, 0.2) is 0 Å². The maximum atomic E-state index is 12.8. The maximum Gasteiger partial charge on any atom is 0.329 e. The summed E-state index contributed by atoms with van der Waals surface area (Å²) in [6, 6.07) is 15.0. The molecule has 7 heteroatoms. The van der Waals surface area contributed by atoms with Gasteiger partial charge in [-0.2, -0.15) is 0 Å². The number of carbonyl (C=O) groups excluding carboxylic acids is 2. The van der Waals surface area contributed by atoms with Crippen LogP contribution in [-0.2, 0) is 18.4 Å². The first-order chi connectivity index (χ1) is 14.0. The number of piperazine rings is 1. The predicted molar refractivity (Wildman–Crippen MR) is 111 cm³/mol. The van der Waals surface area contributed by atoms with Gasteiger partial charge in [0.2, 0.25) is 5.91 Å². The average molecular weight is 392 g/mol. The van der Waals surface area contributed by atoms with Crippen LogP contribution in [0.1, 0.15) is 15.9 Å². The van der Waals surface area contributed by atoms with E-state index >= 15 is 0 Å². The fourth-order valence-electron chi connectivity index (χ4n) is 3.79. The van der Waals surface area contributed by atoms with E-state index in [2.05, 4.69) is 0 Å². The molecule has 150 valence electrons. The van der Waals surface area contributed by atoms with Crippen LogP contribution in [-0.4, -0.2) is 56.9 Å². The molecule has 1 aliphatic heterocycles. The van der Waals surface area contributed by atoms with Gasteiger partial charge in [0.05, 0.1) is 11.0 Å². The van der Waals surface area contributed by atoms with Crippen LogP contribution in [0.2, 0.25) is 0 Å². The highest BCUT2D eigenvalue weighted by Gasteiger charge is 2.25. The molecule has 1 saturated heterocycles. The van der Waals surface area contributed by atoms with Crippen LogP contribution >= 0.6 is 0 Å². The molecular weight excluding hydrogens is 368 g/mol. The monoisotopic (exact) mass is 392 g/mol. The molecular formula is C22H24N4O3. The van der Waals surface area contributed by atoms with Crippen molar-refractivity contribution >= 4 is 22.8 Å². The summed E-state index contributed by atoms with van der Waals surface area (Å²) in [5.41, 5.74) is 3.13. The number of imidazole rings is 1. The largest absolute Gasteiger partial charge is 0.338 e. The second-order valence-corrected chi connectivity index (χ2v) is 7.46. The van der Waals surface area contributed by atoms with Crippen molar-refractivity contribution in [1.82, 2.24) is 18.9 Å². The molecule has 0 N–H and O–H groups in total. The summed E-state index contributed by atoms with van der Waals surface area (Å²) in [4.78, 5) is 41.5. The lowest BCUT2D eigenvalue weighted by Crippen LogP contribution is -2.51. The third kappa shape index (κ3) is 3.55. The van der Waals surface area contributed by atoms with Gasteiger partial charge in [0.1, 0.15) is 6.54 Å². The van der Waals surface area contributed by atoms with Crippen LogP contribution in [0.3, 0.4) is 0 Å². The van der Waals surface area contributed by atoms with E-state index in [-0.39, 0.29) is 24.0 Å². The molecule has 4 rings (SSSR count). The number of aryl methyl sites for hydroxylation is 2. The van der Waals surface area contributed by atoms with Crippen LogP contribution in [0.15, 0.2) is 53.3 Å². The van der Waals surface area contributed by atoms with Gasteiger partial charge in [-0.05, 0) is 31.2 Å². The van der Waals surface area contributed by atoms with Crippen molar-refractivity contribution in [2.45, 2.75) is 13.5 Å². The summed E-state index contributed by atoms with van der Waals surface area (Å²) in [6.07, 6.45) is 0. The first kappa shape index (κ1) is 19.0. The number of benzene rings is 2. The molecule has 2 amide bonds. The summed E-state index contributed by atoms with van der Waals surface area (Å²) >= 11 is 0. The van der Waals surface area contributed by atoms with Gasteiger partial charge in [-0.1, -0.05) is 29.8 Å². The van der Waals surface area contributed by atoms with Crippen molar-refractivity contribution in [3.63, 3.8) is 0 Å². The molecule has 1 fully saturated rings. The third-order valence-corrected chi connectivity index (χ3v) is 5.56. The Morgan fingerprint density at radius 2 is 1.45 bits per heavy atom. The van der Waals surface area contributed by atoms with Gasteiger partial charge >= 0.3 is 5.69 Å². The van der Waals surface area contributed by atoms with Crippen molar-refractivity contribution in [3.05, 3.63) is 70.1 Å². The third-order valence-electron chi connectivity index (χ3n) is 5.56. The molecule has 1 aliphatic rings. The minimum atomic E-state index is -0.201. The molecule has 0 aliphatic carbocycles. The highest BCUT2D eigenvalue weighted by atomic mass is 16.2. The topological polar surface area (TPSA) is 67.6 Å². The molecule has 0 spiro atoms. The van der Waals surface area contributed by atoms with Crippen LogP contribution in [0.5, 0.6) is 0 Å². The Labute approximate surface area is 168 Å². The Balaban J connectivity index is 1.42. The molecule has 1 aromatic heterocycles. The zero-order valence-electron chi connectivity index (χ0n) is 16.7. The Morgan fingerprint density at radius 3 is 2.10 bits per heavy atom. The number of aromatic nitrogens is 2. The Bertz CT molecular complexity index is 1120. The Morgan fingerprint density at radius 1 is 0.862 bits per heavy atom. The van der Waals surface area contributed by atoms with E-state index in [1.807, 2.05) is 55.5 Å². The van der Waals surface area contributed by atoms with Crippen molar-refractivity contribution < 1.29 is 9.59 Å². The number of nitrogens with zero attached hydrogens (tertiary/aromatic N) is 4. The molecule has 0 bridgehead atoms. The number of hydrogen-bond donors (Lipinski definition) is 0. The number of hydrogen-bond acceptors (Lipinski definition) is 3. The maximum absolute atomic E-state index is 12.8. The van der Waals surface area contributed by atoms with Gasteiger partial charge in [-0.3, -0.25) is 18.7 Å². The van der Waals surface area contributed by atoms with Crippen LogP contribution in [0, 0.1) is 6.92 Å². The molecule has 0 saturated carbocycles. The van der Waals surface area contributed by atoms with E-state index in [1.165, 1.54) is 4.57 Å². The fraction of sp³-hybridized carbons (Fsp3) is 0.318. The molecule has 3 aromatic rings. The van der Waals surface area contributed by atoms with Crippen LogP contribution < -0.4 is 5.69 Å². The number of carbonyl (C=O) groups is 2. The molecule has 2 heterocycles. The quantitative estimate of drug-likeness (QED) is 0.681. The molecule has 0 atom stereocenters. The fourth-order valence-corrected chi connectivity index (χ4v) is 3.79.